The van der Waals surface area contributed by atoms with E-state index in [9.17, 15) is 18.3 Å². The number of halogens is 3. The van der Waals surface area contributed by atoms with Crippen molar-refractivity contribution in [2.45, 2.75) is 24.7 Å². The van der Waals surface area contributed by atoms with Gasteiger partial charge < -0.3 is 15.7 Å². The van der Waals surface area contributed by atoms with E-state index in [1.54, 1.807) is 4.90 Å². The Hall–Kier alpha value is -0.860. The topological polar surface area (TPSA) is 76.6 Å². The second-order valence-corrected chi connectivity index (χ2v) is 5.31. The summed E-state index contributed by atoms with van der Waals surface area (Å²) >= 11 is 0. The van der Waals surface area contributed by atoms with Gasteiger partial charge in [0, 0.05) is 25.7 Å². The van der Waals surface area contributed by atoms with Crippen molar-refractivity contribution < 1.29 is 18.3 Å². The third-order valence-corrected chi connectivity index (χ3v) is 3.27. The first-order valence-electron chi connectivity index (χ1n) is 6.08. The molecule has 0 aromatic rings. The molecule has 1 rings (SSSR count). The van der Waals surface area contributed by atoms with Crippen LogP contribution in [0.3, 0.4) is 0 Å². The van der Waals surface area contributed by atoms with Gasteiger partial charge in [-0.3, -0.25) is 10.3 Å². The Labute approximate surface area is 110 Å². The number of aliphatic hydroxyl groups is 1. The molecule has 3 unspecified atom stereocenters. The van der Waals surface area contributed by atoms with E-state index in [2.05, 4.69) is 0 Å². The summed E-state index contributed by atoms with van der Waals surface area (Å²) in [6.45, 7) is 0.395. The summed E-state index contributed by atoms with van der Waals surface area (Å²) in [5.74, 6) is -2.85. The Morgan fingerprint density at radius 1 is 1.53 bits per heavy atom. The zero-order valence-corrected chi connectivity index (χ0v) is 11.1. The molecule has 4 N–H and O–H groups in total. The average Bonchev–Trinajstić information content (AvgIpc) is 2.51. The Bertz CT molecular complexity index is 322. The van der Waals surface area contributed by atoms with Gasteiger partial charge in [-0.1, -0.05) is 0 Å². The molecule has 8 heteroatoms. The number of nitrogens with two attached hydrogens (primary N) is 1. The molecule has 0 radical (unpaired) electrons. The molecule has 5 nitrogen and oxygen atoms in total. The Balaban J connectivity index is 2.74. The maximum absolute atomic E-state index is 12.8. The van der Waals surface area contributed by atoms with Crippen LogP contribution in [0.25, 0.3) is 0 Å². The van der Waals surface area contributed by atoms with Crippen LogP contribution in [0.2, 0.25) is 0 Å². The molecule has 0 saturated carbocycles. The lowest BCUT2D eigenvalue weighted by molar-refractivity contribution is -0.160. The highest BCUT2D eigenvalue weighted by Gasteiger charge is 2.45. The van der Waals surface area contributed by atoms with Gasteiger partial charge in [-0.25, -0.2) is 0 Å². The normalized spacial score (nSPS) is 26.9. The first kappa shape index (κ1) is 16.2. The molecule has 1 aliphatic rings. The highest BCUT2D eigenvalue weighted by atomic mass is 19.4. The molecular formula is C11H21F3N4O. The van der Waals surface area contributed by atoms with E-state index in [1.165, 1.54) is 0 Å². The number of hydrogen-bond acceptors (Lipinski definition) is 4. The summed E-state index contributed by atoms with van der Waals surface area (Å²) in [7, 11) is 3.66. The Kier molecular flexibility index (Phi) is 5.17. The van der Waals surface area contributed by atoms with Crippen molar-refractivity contribution in [3.63, 3.8) is 0 Å². The molecule has 1 fully saturated rings. The van der Waals surface area contributed by atoms with Crippen LogP contribution < -0.4 is 5.73 Å². The standard InChI is InChI=1S/C11H21F3N4O/c1-17(2)4-7-3-8(19)5-18(7)6-9(10(15)16)11(12,13)14/h7-9,19H,3-6H2,1-2H3,(H3,15,16). The quantitative estimate of drug-likeness (QED) is 0.494. The fraction of sp³-hybridized carbons (Fsp3) is 0.909. The van der Waals surface area contributed by atoms with Gasteiger partial charge in [0.15, 0.2) is 0 Å². The molecule has 0 aromatic carbocycles. The van der Waals surface area contributed by atoms with Gasteiger partial charge in [-0.2, -0.15) is 13.2 Å². The monoisotopic (exact) mass is 282 g/mol. The van der Waals surface area contributed by atoms with Crippen LogP contribution in [-0.4, -0.2) is 72.8 Å². The van der Waals surface area contributed by atoms with Crippen molar-refractivity contribution in [3.05, 3.63) is 0 Å². The SMILES string of the molecule is CN(C)CC1CC(O)CN1CC(C(=N)N)C(F)(F)F. The van der Waals surface area contributed by atoms with Gasteiger partial charge in [0.25, 0.3) is 0 Å². The van der Waals surface area contributed by atoms with Gasteiger partial charge >= 0.3 is 6.18 Å². The Morgan fingerprint density at radius 3 is 2.53 bits per heavy atom. The molecule has 1 heterocycles. The largest absolute Gasteiger partial charge is 0.399 e. The second-order valence-electron chi connectivity index (χ2n) is 5.31. The fourth-order valence-electron chi connectivity index (χ4n) is 2.41. The number of rotatable bonds is 5. The van der Waals surface area contributed by atoms with Gasteiger partial charge in [0.1, 0.15) is 11.8 Å². The lowest BCUT2D eigenvalue weighted by atomic mass is 10.1. The second kappa shape index (κ2) is 6.06. The number of likely N-dealkylation sites (tertiary alicyclic amines) is 1. The predicted octanol–water partition coefficient (Wildman–Crippen LogP) is 0.0977. The smallest absolute Gasteiger partial charge is 0.392 e. The van der Waals surface area contributed by atoms with E-state index in [-0.39, 0.29) is 19.1 Å². The zero-order chi connectivity index (χ0) is 14.8. The fourth-order valence-corrected chi connectivity index (χ4v) is 2.41. The first-order valence-corrected chi connectivity index (χ1v) is 6.08. The lowest BCUT2D eigenvalue weighted by Gasteiger charge is -2.30. The third-order valence-electron chi connectivity index (χ3n) is 3.27. The number of hydrogen-bond donors (Lipinski definition) is 3. The molecule has 0 bridgehead atoms. The molecule has 1 saturated heterocycles. The van der Waals surface area contributed by atoms with Crippen molar-refractivity contribution in [2.75, 3.05) is 33.7 Å². The summed E-state index contributed by atoms with van der Waals surface area (Å²) in [4.78, 5) is 3.44. The highest BCUT2D eigenvalue weighted by molar-refractivity contribution is 5.80. The summed E-state index contributed by atoms with van der Waals surface area (Å²) in [5, 5.41) is 16.7. The van der Waals surface area contributed by atoms with E-state index in [0.29, 0.717) is 13.0 Å². The molecule has 0 aromatic heterocycles. The Morgan fingerprint density at radius 2 is 2.11 bits per heavy atom. The lowest BCUT2D eigenvalue weighted by Crippen LogP contribution is -2.47. The highest BCUT2D eigenvalue weighted by Crippen LogP contribution is 2.29. The van der Waals surface area contributed by atoms with Gasteiger partial charge in [-0.05, 0) is 20.5 Å². The number of nitrogens with zero attached hydrogens (tertiary/aromatic N) is 2. The molecule has 0 spiro atoms. The number of alkyl halides is 3. The molecular weight excluding hydrogens is 261 g/mol. The number of amidine groups is 1. The summed E-state index contributed by atoms with van der Waals surface area (Å²) < 4.78 is 38.4. The molecule has 3 atom stereocenters. The van der Waals surface area contributed by atoms with E-state index >= 15 is 0 Å². The van der Waals surface area contributed by atoms with Gasteiger partial charge in [-0.15, -0.1) is 0 Å². The van der Waals surface area contributed by atoms with Gasteiger partial charge in [0.05, 0.1) is 6.10 Å². The summed E-state index contributed by atoms with van der Waals surface area (Å²) in [5.41, 5.74) is 5.05. The molecule has 1 aliphatic heterocycles. The number of likely N-dealkylation sites (N-methyl/N-ethyl adjacent to an activating group) is 1. The molecule has 0 amide bonds. The minimum absolute atomic E-state index is 0.144. The number of β-amino-alcohol motifs (C(OH)–C–C–N with tert-alkyl or cyclic N) is 1. The van der Waals surface area contributed by atoms with Crippen molar-refractivity contribution in [2.24, 2.45) is 11.7 Å². The maximum Gasteiger partial charge on any atom is 0.399 e. The van der Waals surface area contributed by atoms with Crippen LogP contribution in [0.5, 0.6) is 0 Å². The third kappa shape index (κ3) is 4.63. The van der Waals surface area contributed by atoms with E-state index in [4.69, 9.17) is 11.1 Å². The molecule has 19 heavy (non-hydrogen) atoms. The minimum atomic E-state index is -4.53. The van der Waals surface area contributed by atoms with Crippen LogP contribution >= 0.6 is 0 Å². The van der Waals surface area contributed by atoms with Crippen LogP contribution in [0.15, 0.2) is 0 Å². The van der Waals surface area contributed by atoms with Crippen LogP contribution in [0.4, 0.5) is 13.2 Å². The number of aliphatic hydroxyl groups excluding tert-OH is 1. The molecule has 112 valence electrons. The van der Waals surface area contributed by atoms with Crippen LogP contribution in [-0.2, 0) is 0 Å². The minimum Gasteiger partial charge on any atom is -0.392 e. The van der Waals surface area contributed by atoms with Crippen molar-refractivity contribution in [1.29, 1.82) is 5.41 Å². The predicted molar refractivity (Wildman–Crippen MR) is 66.0 cm³/mol. The van der Waals surface area contributed by atoms with E-state index < -0.39 is 24.0 Å². The van der Waals surface area contributed by atoms with Crippen molar-refractivity contribution >= 4 is 5.84 Å². The van der Waals surface area contributed by atoms with Crippen molar-refractivity contribution in [3.8, 4) is 0 Å². The maximum atomic E-state index is 12.8. The van der Waals surface area contributed by atoms with Gasteiger partial charge in [0.2, 0.25) is 0 Å². The average molecular weight is 282 g/mol. The number of nitrogens with one attached hydrogen (secondary N) is 1. The van der Waals surface area contributed by atoms with E-state index in [1.807, 2.05) is 19.0 Å². The first-order chi connectivity index (χ1) is 8.61. The van der Waals surface area contributed by atoms with Crippen molar-refractivity contribution in [1.82, 2.24) is 9.80 Å². The van der Waals surface area contributed by atoms with E-state index in [0.717, 1.165) is 0 Å². The molecule has 0 aliphatic carbocycles. The zero-order valence-electron chi connectivity index (χ0n) is 11.1. The summed E-state index contributed by atoms with van der Waals surface area (Å²) in [6, 6.07) is -0.144. The van der Waals surface area contributed by atoms with Crippen LogP contribution in [0.1, 0.15) is 6.42 Å². The summed E-state index contributed by atoms with van der Waals surface area (Å²) in [6.07, 6.45) is -4.70. The van der Waals surface area contributed by atoms with Crippen LogP contribution in [0, 0.1) is 11.3 Å².